The Kier molecular flexibility index (Phi) is 5.24. The normalized spacial score (nSPS) is 10.0. The van der Waals surface area contributed by atoms with Crippen LogP contribution in [0.1, 0.15) is 25.2 Å². The zero-order valence-corrected chi connectivity index (χ0v) is 12.2. The number of nitrogens with zero attached hydrogens (tertiary/aromatic N) is 5. The van der Waals surface area contributed by atoms with Crippen molar-refractivity contribution in [2.75, 3.05) is 5.73 Å². The van der Waals surface area contributed by atoms with Crippen LogP contribution in [0.4, 0.5) is 11.6 Å². The van der Waals surface area contributed by atoms with E-state index >= 15 is 0 Å². The van der Waals surface area contributed by atoms with Gasteiger partial charge in [-0.2, -0.15) is 0 Å². The molecular formula is C12H20N6O2. The summed E-state index contributed by atoms with van der Waals surface area (Å²) in [5.74, 6) is 0.362. The maximum atomic E-state index is 10.8. The molecule has 2 heterocycles. The van der Waals surface area contributed by atoms with Crippen molar-refractivity contribution in [1.82, 2.24) is 19.1 Å². The highest BCUT2D eigenvalue weighted by Crippen LogP contribution is 2.19. The molecule has 0 saturated carbocycles. The van der Waals surface area contributed by atoms with Crippen LogP contribution >= 0.6 is 0 Å². The number of hydrogen-bond donors (Lipinski definition) is 1. The summed E-state index contributed by atoms with van der Waals surface area (Å²) in [6.45, 7) is 4.00. The topological polar surface area (TPSA) is 105 Å². The Morgan fingerprint density at radius 3 is 2.15 bits per heavy atom. The zero-order chi connectivity index (χ0) is 15.3. The molecule has 0 radical (unpaired) electrons. The SMILES string of the molecule is CC.Cn1cnc(N)c1CCc1c([N+](=O)[O-])ncn1C. The van der Waals surface area contributed by atoms with Crippen LogP contribution in [0.25, 0.3) is 0 Å². The van der Waals surface area contributed by atoms with Gasteiger partial charge < -0.3 is 25.0 Å². The van der Waals surface area contributed by atoms with Crippen molar-refractivity contribution in [1.29, 1.82) is 0 Å². The first-order valence-electron chi connectivity index (χ1n) is 6.41. The molecule has 8 nitrogen and oxygen atoms in total. The monoisotopic (exact) mass is 280 g/mol. The molecule has 2 rings (SSSR count). The van der Waals surface area contributed by atoms with E-state index in [1.807, 2.05) is 25.5 Å². The lowest BCUT2D eigenvalue weighted by molar-refractivity contribution is -0.390. The van der Waals surface area contributed by atoms with Crippen LogP contribution in [0, 0.1) is 10.1 Å². The van der Waals surface area contributed by atoms with Crippen LogP contribution in [0.15, 0.2) is 12.7 Å². The van der Waals surface area contributed by atoms with Gasteiger partial charge in [-0.15, -0.1) is 0 Å². The Morgan fingerprint density at radius 2 is 1.65 bits per heavy atom. The molecule has 2 aromatic rings. The molecule has 20 heavy (non-hydrogen) atoms. The number of anilines is 1. The zero-order valence-electron chi connectivity index (χ0n) is 12.2. The number of hydrogen-bond acceptors (Lipinski definition) is 5. The number of rotatable bonds is 4. The van der Waals surface area contributed by atoms with E-state index in [1.54, 1.807) is 17.9 Å². The molecule has 2 aromatic heterocycles. The van der Waals surface area contributed by atoms with Crippen molar-refractivity contribution in [3.05, 3.63) is 34.2 Å². The van der Waals surface area contributed by atoms with E-state index in [1.165, 1.54) is 6.33 Å². The third kappa shape index (κ3) is 3.14. The lowest BCUT2D eigenvalue weighted by atomic mass is 10.2. The molecule has 110 valence electrons. The van der Waals surface area contributed by atoms with Crippen LogP contribution in [-0.4, -0.2) is 24.0 Å². The van der Waals surface area contributed by atoms with Gasteiger partial charge in [-0.25, -0.2) is 4.98 Å². The third-order valence-electron chi connectivity index (χ3n) is 2.90. The van der Waals surface area contributed by atoms with Crippen LogP contribution < -0.4 is 5.73 Å². The number of nitrogens with two attached hydrogens (primary N) is 1. The van der Waals surface area contributed by atoms with E-state index in [0.29, 0.717) is 24.4 Å². The molecule has 0 atom stereocenters. The second-order valence-electron chi connectivity index (χ2n) is 4.07. The van der Waals surface area contributed by atoms with E-state index in [0.717, 1.165) is 5.69 Å². The Bertz CT molecular complexity index is 567. The van der Waals surface area contributed by atoms with Gasteiger partial charge in [-0.1, -0.05) is 13.8 Å². The first kappa shape index (κ1) is 15.7. The summed E-state index contributed by atoms with van der Waals surface area (Å²) >= 11 is 0. The van der Waals surface area contributed by atoms with Gasteiger partial charge in [0.05, 0.1) is 12.0 Å². The van der Waals surface area contributed by atoms with E-state index < -0.39 is 4.92 Å². The van der Waals surface area contributed by atoms with Gasteiger partial charge in [0.2, 0.25) is 6.33 Å². The maximum absolute atomic E-state index is 10.8. The van der Waals surface area contributed by atoms with Crippen LogP contribution in [0.3, 0.4) is 0 Å². The molecule has 2 N–H and O–H groups in total. The first-order valence-corrected chi connectivity index (χ1v) is 6.41. The number of aromatic nitrogens is 4. The summed E-state index contributed by atoms with van der Waals surface area (Å²) in [4.78, 5) is 18.1. The van der Waals surface area contributed by atoms with Gasteiger partial charge in [0.15, 0.2) is 0 Å². The highest BCUT2D eigenvalue weighted by Gasteiger charge is 2.20. The van der Waals surface area contributed by atoms with Crippen LogP contribution in [0.2, 0.25) is 0 Å². The average molecular weight is 280 g/mol. The summed E-state index contributed by atoms with van der Waals surface area (Å²) in [7, 11) is 3.58. The first-order chi connectivity index (χ1) is 9.50. The molecule has 8 heteroatoms. The number of nitro groups is 1. The highest BCUT2D eigenvalue weighted by atomic mass is 16.6. The minimum Gasteiger partial charge on any atom is -0.382 e. The Hall–Kier alpha value is -2.38. The lowest BCUT2D eigenvalue weighted by Gasteiger charge is -2.04. The minimum atomic E-state index is -0.470. The van der Waals surface area contributed by atoms with Gasteiger partial charge >= 0.3 is 5.82 Å². The van der Waals surface area contributed by atoms with Crippen molar-refractivity contribution < 1.29 is 4.92 Å². The van der Waals surface area contributed by atoms with Crippen molar-refractivity contribution in [3.63, 3.8) is 0 Å². The molecule has 0 aliphatic heterocycles. The predicted molar refractivity (Wildman–Crippen MR) is 76.2 cm³/mol. The molecule has 0 bridgehead atoms. The highest BCUT2D eigenvalue weighted by molar-refractivity contribution is 5.36. The van der Waals surface area contributed by atoms with Gasteiger partial charge in [0, 0.05) is 20.5 Å². The van der Waals surface area contributed by atoms with E-state index in [-0.39, 0.29) is 5.82 Å². The standard InChI is InChI=1S/C10H14N6O2.C2H6/c1-14-5-12-9(11)7(14)3-4-8-10(16(17)18)13-6-15(8)2;1-2/h5-6H,3-4,11H2,1-2H3;1-2H3. The van der Waals surface area contributed by atoms with Crippen LogP contribution in [0.5, 0.6) is 0 Å². The fraction of sp³-hybridized carbons (Fsp3) is 0.500. The number of imidazole rings is 2. The summed E-state index contributed by atoms with van der Waals surface area (Å²) < 4.78 is 3.47. The second-order valence-corrected chi connectivity index (χ2v) is 4.07. The minimum absolute atomic E-state index is 0.0989. The smallest absolute Gasteiger partial charge is 0.382 e. The molecule has 0 aromatic carbocycles. The van der Waals surface area contributed by atoms with Gasteiger partial charge in [0.1, 0.15) is 11.5 Å². The summed E-state index contributed by atoms with van der Waals surface area (Å²) in [5.41, 5.74) is 7.18. The van der Waals surface area contributed by atoms with Gasteiger partial charge in [-0.05, 0) is 16.3 Å². The van der Waals surface area contributed by atoms with Crippen LogP contribution in [-0.2, 0) is 26.9 Å². The summed E-state index contributed by atoms with van der Waals surface area (Å²) in [6.07, 6.45) is 4.15. The summed E-state index contributed by atoms with van der Waals surface area (Å²) in [6, 6.07) is 0. The Morgan fingerprint density at radius 1 is 1.15 bits per heavy atom. The average Bonchev–Trinajstić information content (AvgIpc) is 2.94. The molecule has 0 fully saturated rings. The van der Waals surface area contributed by atoms with E-state index in [4.69, 9.17) is 5.73 Å². The van der Waals surface area contributed by atoms with Gasteiger partial charge in [-0.3, -0.25) is 0 Å². The van der Waals surface area contributed by atoms with Crippen molar-refractivity contribution in [2.24, 2.45) is 14.1 Å². The van der Waals surface area contributed by atoms with Crippen molar-refractivity contribution in [2.45, 2.75) is 26.7 Å². The molecule has 0 amide bonds. The number of nitrogen functional groups attached to an aromatic ring is 1. The molecule has 0 aliphatic rings. The third-order valence-corrected chi connectivity index (χ3v) is 2.90. The Balaban J connectivity index is 0.000000956. The Labute approximate surface area is 117 Å². The predicted octanol–water partition coefficient (Wildman–Crippen LogP) is 1.46. The fourth-order valence-corrected chi connectivity index (χ4v) is 1.90. The van der Waals surface area contributed by atoms with Crippen molar-refractivity contribution >= 4 is 11.6 Å². The fourth-order valence-electron chi connectivity index (χ4n) is 1.90. The lowest BCUT2D eigenvalue weighted by Crippen LogP contribution is -2.06. The van der Waals surface area contributed by atoms with Gasteiger partial charge in [0.25, 0.3) is 0 Å². The van der Waals surface area contributed by atoms with E-state index in [2.05, 4.69) is 9.97 Å². The van der Waals surface area contributed by atoms with Crippen molar-refractivity contribution in [3.8, 4) is 0 Å². The molecule has 0 unspecified atom stereocenters. The molecule has 0 saturated heterocycles. The summed E-state index contributed by atoms with van der Waals surface area (Å²) in [5, 5.41) is 10.8. The molecule has 0 aliphatic carbocycles. The quantitative estimate of drug-likeness (QED) is 0.674. The maximum Gasteiger partial charge on any atom is 0.384 e. The van der Waals surface area contributed by atoms with E-state index in [9.17, 15) is 10.1 Å². The number of aryl methyl sites for hydroxylation is 2. The molecular weight excluding hydrogens is 260 g/mol. The largest absolute Gasteiger partial charge is 0.384 e. The molecule has 0 spiro atoms. The second kappa shape index (κ2) is 6.69.